The van der Waals surface area contributed by atoms with Gasteiger partial charge < -0.3 is 0 Å². The Morgan fingerprint density at radius 1 is 1.50 bits per heavy atom. The third-order valence-electron chi connectivity index (χ3n) is 3.54. The molecule has 0 aromatic carbocycles. The second kappa shape index (κ2) is 8.08. The molecule has 1 aliphatic carbocycles. The number of halogens is 1. The van der Waals surface area contributed by atoms with Crippen LogP contribution in [0.5, 0.6) is 0 Å². The van der Waals surface area contributed by atoms with Gasteiger partial charge in [0.2, 0.25) is 0 Å². The molecule has 0 aliphatic heterocycles. The Labute approximate surface area is 113 Å². The Bertz CT molecular complexity index is 276. The van der Waals surface area contributed by atoms with Gasteiger partial charge in [0.05, 0.1) is 0 Å². The van der Waals surface area contributed by atoms with Crippen molar-refractivity contribution >= 4 is 28.5 Å². The second-order valence-electron chi connectivity index (χ2n) is 4.53. The first-order valence-corrected chi connectivity index (χ1v) is 7.84. The molecule has 0 radical (unpaired) electrons. The van der Waals surface area contributed by atoms with Crippen molar-refractivity contribution in [2.24, 2.45) is 11.8 Å². The van der Waals surface area contributed by atoms with Gasteiger partial charge in [0.15, 0.2) is 0 Å². The van der Waals surface area contributed by atoms with Crippen molar-refractivity contribution < 1.29 is 0 Å². The van der Waals surface area contributed by atoms with Crippen LogP contribution in [0.1, 0.15) is 45.4 Å². The van der Waals surface area contributed by atoms with E-state index in [-0.39, 0.29) is 0 Å². The fourth-order valence-corrected chi connectivity index (χ4v) is 3.21. The lowest BCUT2D eigenvalue weighted by molar-refractivity contribution is 0.195. The van der Waals surface area contributed by atoms with E-state index in [4.69, 9.17) is 5.41 Å². The first kappa shape index (κ1) is 14.0. The number of nitrogens with one attached hydrogen (secondary N) is 1. The molecule has 2 atom stereocenters. The van der Waals surface area contributed by atoms with Crippen molar-refractivity contribution in [3.8, 4) is 0 Å². The van der Waals surface area contributed by atoms with Crippen molar-refractivity contribution in [1.29, 1.82) is 5.41 Å². The third-order valence-corrected chi connectivity index (χ3v) is 4.08. The van der Waals surface area contributed by atoms with Crippen molar-refractivity contribution in [2.75, 3.05) is 4.43 Å². The average molecular weight is 331 g/mol. The summed E-state index contributed by atoms with van der Waals surface area (Å²) in [7, 11) is 0. The number of hydrogen-bond donors (Lipinski definition) is 1. The minimum absolute atomic E-state index is 0.855. The molecule has 1 aliphatic rings. The Balaban J connectivity index is 2.55. The van der Waals surface area contributed by atoms with Gasteiger partial charge in [0.25, 0.3) is 0 Å². The summed E-state index contributed by atoms with van der Waals surface area (Å²) >= 11 is 2.46. The van der Waals surface area contributed by atoms with Gasteiger partial charge in [0.1, 0.15) is 0 Å². The van der Waals surface area contributed by atoms with Crippen LogP contribution in [0.25, 0.3) is 0 Å². The van der Waals surface area contributed by atoms with E-state index in [1.165, 1.54) is 36.5 Å². The van der Waals surface area contributed by atoms with Crippen LogP contribution in [0.2, 0.25) is 0 Å². The van der Waals surface area contributed by atoms with E-state index in [2.05, 4.69) is 41.5 Å². The summed E-state index contributed by atoms with van der Waals surface area (Å²) < 4.78 is 1.22. The molecule has 0 aromatic heterocycles. The molecule has 1 nitrogen and oxygen atoms in total. The maximum atomic E-state index is 6.88. The molecule has 1 saturated carbocycles. The van der Waals surface area contributed by atoms with E-state index in [1.807, 2.05) is 0 Å². The van der Waals surface area contributed by atoms with Gasteiger partial charge in [-0.25, -0.2) is 0 Å². The predicted octanol–water partition coefficient (Wildman–Crippen LogP) is 4.76. The number of hydrogen-bond acceptors (Lipinski definition) is 1. The van der Waals surface area contributed by atoms with Crippen molar-refractivity contribution in [2.45, 2.75) is 45.4 Å². The Hall–Kier alpha value is -0.0800. The summed E-state index contributed by atoms with van der Waals surface area (Å²) in [5.41, 5.74) is 1.64. The first-order valence-electron chi connectivity index (χ1n) is 6.32. The van der Waals surface area contributed by atoms with E-state index in [1.54, 1.807) is 11.6 Å². The highest BCUT2D eigenvalue weighted by molar-refractivity contribution is 14.1. The van der Waals surface area contributed by atoms with Crippen LogP contribution < -0.4 is 0 Å². The predicted molar refractivity (Wildman–Crippen MR) is 79.6 cm³/mol. The average Bonchev–Trinajstić information content (AvgIpc) is 2.25. The fraction of sp³-hybridized carbons (Fsp3) is 0.714. The Morgan fingerprint density at radius 3 is 2.81 bits per heavy atom. The Kier molecular flexibility index (Phi) is 7.06. The zero-order valence-corrected chi connectivity index (χ0v) is 12.3. The molecule has 1 fully saturated rings. The number of allylic oxidation sites excluding steroid dienone is 3. The third kappa shape index (κ3) is 4.06. The van der Waals surface area contributed by atoms with Crippen LogP contribution in [0.3, 0.4) is 0 Å². The molecular weight excluding hydrogens is 309 g/mol. The Morgan fingerprint density at radius 2 is 2.31 bits per heavy atom. The summed E-state index contributed by atoms with van der Waals surface area (Å²) in [5, 5.41) is 6.88. The van der Waals surface area contributed by atoms with Crippen LogP contribution >= 0.6 is 22.6 Å². The molecule has 0 spiro atoms. The molecule has 1 N–H and O–H groups in total. The van der Waals surface area contributed by atoms with Crippen LogP contribution in [-0.4, -0.2) is 10.3 Å². The molecule has 90 valence electrons. The highest BCUT2D eigenvalue weighted by Gasteiger charge is 2.31. The molecule has 1 rings (SSSR count). The van der Waals surface area contributed by atoms with Crippen LogP contribution in [0.4, 0.5) is 0 Å². The zero-order chi connectivity index (χ0) is 11.8. The molecule has 16 heavy (non-hydrogen) atoms. The highest BCUT2D eigenvalue weighted by atomic mass is 127. The van der Waals surface area contributed by atoms with Crippen LogP contribution in [-0.2, 0) is 0 Å². The van der Waals surface area contributed by atoms with E-state index >= 15 is 0 Å². The maximum absolute atomic E-state index is 6.88. The summed E-state index contributed by atoms with van der Waals surface area (Å²) in [6.45, 7) is 2.29. The molecule has 0 aromatic rings. The largest absolute Gasteiger partial charge is 0.259 e. The molecule has 0 amide bonds. The highest BCUT2D eigenvalue weighted by Crippen LogP contribution is 2.43. The van der Waals surface area contributed by atoms with Gasteiger partial charge in [-0.2, -0.15) is 0 Å². The molecule has 2 unspecified atom stereocenters. The lowest BCUT2D eigenvalue weighted by Crippen LogP contribution is -2.27. The van der Waals surface area contributed by atoms with Crippen LogP contribution in [0, 0.1) is 17.2 Å². The van der Waals surface area contributed by atoms with E-state index < -0.39 is 0 Å². The van der Waals surface area contributed by atoms with Crippen molar-refractivity contribution in [3.63, 3.8) is 0 Å². The molecular formula is C14H22IN. The van der Waals surface area contributed by atoms with Gasteiger partial charge in [-0.15, -0.1) is 0 Å². The lowest BCUT2D eigenvalue weighted by Gasteiger charge is -2.38. The second-order valence-corrected chi connectivity index (χ2v) is 5.61. The van der Waals surface area contributed by atoms with Crippen molar-refractivity contribution in [3.05, 3.63) is 17.7 Å². The standard InChI is InChI=1S/C14H22IN/c1-2-5-12-7-8-14(12)13(9-10-15)6-3-4-11-16/h4,6,12,14,16H,2-3,5,7-10H2,1H3/b13-6-. The topological polar surface area (TPSA) is 23.9 Å². The minimum atomic E-state index is 0.855. The first-order chi connectivity index (χ1) is 7.83. The summed E-state index contributed by atoms with van der Waals surface area (Å²) in [6.07, 6.45) is 11.8. The van der Waals surface area contributed by atoms with Gasteiger partial charge in [-0.3, -0.25) is 5.41 Å². The molecule has 0 heterocycles. The van der Waals surface area contributed by atoms with Crippen LogP contribution in [0.15, 0.2) is 17.7 Å². The van der Waals surface area contributed by atoms with Crippen molar-refractivity contribution in [1.82, 2.24) is 0 Å². The summed E-state index contributed by atoms with van der Waals surface area (Å²) in [6, 6.07) is 0. The maximum Gasteiger partial charge on any atom is 0.00327 e. The van der Waals surface area contributed by atoms with E-state index in [0.29, 0.717) is 0 Å². The summed E-state index contributed by atoms with van der Waals surface area (Å²) in [4.78, 5) is 0. The number of alkyl halides is 1. The van der Waals surface area contributed by atoms with Gasteiger partial charge >= 0.3 is 0 Å². The van der Waals surface area contributed by atoms with Gasteiger partial charge in [0, 0.05) is 4.43 Å². The molecule has 0 saturated heterocycles. The molecule has 0 bridgehead atoms. The number of rotatable bonds is 7. The van der Waals surface area contributed by atoms with Gasteiger partial charge in [-0.05, 0) is 49.5 Å². The van der Waals surface area contributed by atoms with Gasteiger partial charge in [-0.1, -0.05) is 54.0 Å². The summed E-state index contributed by atoms with van der Waals surface area (Å²) in [5.74, 6) is 4.16. The van der Waals surface area contributed by atoms with E-state index in [0.717, 1.165) is 18.3 Å². The smallest absolute Gasteiger partial charge is 0.00327 e. The lowest BCUT2D eigenvalue weighted by atomic mass is 9.67. The normalized spacial score (nSPS) is 24.8. The fourth-order valence-electron chi connectivity index (χ4n) is 2.59. The molecule has 2 heteroatoms. The van der Waals surface area contributed by atoms with E-state index in [9.17, 15) is 0 Å². The quantitative estimate of drug-likeness (QED) is 0.301. The monoisotopic (exact) mass is 331 g/mol. The minimum Gasteiger partial charge on any atom is -0.259 e. The zero-order valence-electron chi connectivity index (χ0n) is 10.1. The SMILES string of the molecule is CCCC1CCC1/C(=C\CC=C=N)CCI.